The van der Waals surface area contributed by atoms with Gasteiger partial charge in [-0.25, -0.2) is 0 Å². The van der Waals surface area contributed by atoms with Gasteiger partial charge in [0.15, 0.2) is 0 Å². The summed E-state index contributed by atoms with van der Waals surface area (Å²) < 4.78 is 0. The fourth-order valence-electron chi connectivity index (χ4n) is 2.36. The zero-order valence-corrected chi connectivity index (χ0v) is 11.2. The summed E-state index contributed by atoms with van der Waals surface area (Å²) >= 11 is 0. The van der Waals surface area contributed by atoms with Crippen LogP contribution in [0.1, 0.15) is 49.8 Å². The number of amides is 1. The van der Waals surface area contributed by atoms with Gasteiger partial charge in [0.05, 0.1) is 6.04 Å². The lowest BCUT2D eigenvalue weighted by Gasteiger charge is -2.37. The second-order valence-electron chi connectivity index (χ2n) is 5.59. The molecule has 1 aromatic carbocycles. The van der Waals surface area contributed by atoms with Crippen molar-refractivity contribution >= 4 is 5.91 Å². The predicted octanol–water partition coefficient (Wildman–Crippen LogP) is 2.44. The van der Waals surface area contributed by atoms with Crippen molar-refractivity contribution in [1.82, 2.24) is 5.32 Å². The highest BCUT2D eigenvalue weighted by Gasteiger charge is 2.34. The van der Waals surface area contributed by atoms with E-state index in [-0.39, 0.29) is 17.5 Å². The lowest BCUT2D eigenvalue weighted by atomic mass is 9.75. The van der Waals surface area contributed by atoms with E-state index in [0.717, 1.165) is 24.8 Å². The highest BCUT2D eigenvalue weighted by Crippen LogP contribution is 2.32. The van der Waals surface area contributed by atoms with Crippen molar-refractivity contribution in [1.29, 1.82) is 0 Å². The van der Waals surface area contributed by atoms with E-state index in [2.05, 4.69) is 36.5 Å². The molecular weight excluding hydrogens is 224 g/mol. The average molecular weight is 246 g/mol. The molecule has 1 aliphatic rings. The first kappa shape index (κ1) is 13.1. The molecule has 0 spiro atoms. The molecule has 0 radical (unpaired) electrons. The Balaban J connectivity index is 1.88. The number of nitrogens with one attached hydrogen (secondary N) is 1. The third-order valence-electron chi connectivity index (χ3n) is 3.82. The highest BCUT2D eigenvalue weighted by atomic mass is 16.1. The van der Waals surface area contributed by atoms with Crippen LogP contribution in [0.5, 0.6) is 0 Å². The average Bonchev–Trinajstić information content (AvgIpc) is 2.27. The van der Waals surface area contributed by atoms with Crippen molar-refractivity contribution in [3.05, 3.63) is 35.4 Å². The maximum absolute atomic E-state index is 11.9. The molecule has 1 aliphatic carbocycles. The normalized spacial score (nSPS) is 18.8. The molecule has 3 N–H and O–H groups in total. The maximum atomic E-state index is 11.9. The topological polar surface area (TPSA) is 55.1 Å². The molecule has 1 atom stereocenters. The molecule has 0 aliphatic heterocycles. The van der Waals surface area contributed by atoms with Crippen molar-refractivity contribution in [3.63, 3.8) is 0 Å². The van der Waals surface area contributed by atoms with Crippen LogP contribution in [-0.2, 0) is 4.79 Å². The number of hydrogen-bond donors (Lipinski definition) is 2. The fraction of sp³-hybridized carbons (Fsp3) is 0.533. The van der Waals surface area contributed by atoms with Crippen molar-refractivity contribution in [2.24, 2.45) is 5.73 Å². The van der Waals surface area contributed by atoms with Crippen LogP contribution < -0.4 is 11.1 Å². The van der Waals surface area contributed by atoms with Crippen LogP contribution in [0.2, 0.25) is 0 Å². The Kier molecular flexibility index (Phi) is 3.71. The largest absolute Gasteiger partial charge is 0.350 e. The summed E-state index contributed by atoms with van der Waals surface area (Å²) in [5.41, 5.74) is 8.20. The van der Waals surface area contributed by atoms with Crippen LogP contribution in [0.15, 0.2) is 24.3 Å². The fourth-order valence-corrected chi connectivity index (χ4v) is 2.36. The third kappa shape index (κ3) is 3.10. The molecule has 18 heavy (non-hydrogen) atoms. The zero-order valence-electron chi connectivity index (χ0n) is 11.2. The van der Waals surface area contributed by atoms with E-state index >= 15 is 0 Å². The molecule has 98 valence electrons. The van der Waals surface area contributed by atoms with Crippen LogP contribution >= 0.6 is 0 Å². The highest BCUT2D eigenvalue weighted by molar-refractivity contribution is 5.77. The quantitative estimate of drug-likeness (QED) is 0.857. The maximum Gasteiger partial charge on any atom is 0.222 e. The molecule has 3 nitrogen and oxygen atoms in total. The summed E-state index contributed by atoms with van der Waals surface area (Å²) in [6, 6.07) is 8.29. The Morgan fingerprint density at radius 1 is 1.39 bits per heavy atom. The van der Waals surface area contributed by atoms with Gasteiger partial charge in [0.1, 0.15) is 0 Å². The molecule has 0 bridgehead atoms. The van der Waals surface area contributed by atoms with Crippen molar-refractivity contribution in [3.8, 4) is 0 Å². The number of hydrogen-bond acceptors (Lipinski definition) is 2. The number of carbonyl (C=O) groups is 1. The second-order valence-corrected chi connectivity index (χ2v) is 5.59. The van der Waals surface area contributed by atoms with Gasteiger partial charge in [-0.2, -0.15) is 0 Å². The standard InChI is InChI=1S/C15H22N2O/c1-11-4-6-13(7-5-11)12(2)17-14(18)10-15(16)8-3-9-15/h4-7,12H,3,8-10,16H2,1-2H3,(H,17,18)/t12-/m1/s1. The molecule has 1 aromatic rings. The summed E-state index contributed by atoms with van der Waals surface area (Å²) in [5.74, 6) is 0.0604. The van der Waals surface area contributed by atoms with E-state index in [9.17, 15) is 4.79 Å². The Bertz CT molecular complexity index is 421. The van der Waals surface area contributed by atoms with E-state index in [1.807, 2.05) is 6.92 Å². The zero-order chi connectivity index (χ0) is 13.2. The first-order valence-corrected chi connectivity index (χ1v) is 6.63. The lowest BCUT2D eigenvalue weighted by molar-refractivity contribution is -0.123. The summed E-state index contributed by atoms with van der Waals surface area (Å²) in [5, 5.41) is 3.02. The molecule has 0 heterocycles. The SMILES string of the molecule is Cc1ccc([C@@H](C)NC(=O)CC2(N)CCC2)cc1. The predicted molar refractivity (Wildman–Crippen MR) is 73.1 cm³/mol. The van der Waals surface area contributed by atoms with Crippen molar-refractivity contribution in [2.75, 3.05) is 0 Å². The van der Waals surface area contributed by atoms with Gasteiger partial charge in [-0.05, 0) is 38.7 Å². The number of nitrogens with two attached hydrogens (primary N) is 1. The van der Waals surface area contributed by atoms with Crippen LogP contribution in [0, 0.1) is 6.92 Å². The molecular formula is C15H22N2O. The molecule has 0 saturated heterocycles. The van der Waals surface area contributed by atoms with E-state index in [0.29, 0.717) is 6.42 Å². The second kappa shape index (κ2) is 5.11. The van der Waals surface area contributed by atoms with Crippen LogP contribution in [0.25, 0.3) is 0 Å². The van der Waals surface area contributed by atoms with Gasteiger partial charge in [-0.1, -0.05) is 29.8 Å². The van der Waals surface area contributed by atoms with Crippen molar-refractivity contribution < 1.29 is 4.79 Å². The van der Waals surface area contributed by atoms with Crippen LogP contribution in [-0.4, -0.2) is 11.4 Å². The molecule has 2 rings (SSSR count). The number of aryl methyl sites for hydroxylation is 1. The number of rotatable bonds is 4. The van der Waals surface area contributed by atoms with Crippen LogP contribution in [0.4, 0.5) is 0 Å². The lowest BCUT2D eigenvalue weighted by Crippen LogP contribution is -2.50. The smallest absolute Gasteiger partial charge is 0.222 e. The van der Waals surface area contributed by atoms with E-state index in [1.54, 1.807) is 0 Å². The molecule has 1 fully saturated rings. The Hall–Kier alpha value is -1.35. The summed E-state index contributed by atoms with van der Waals surface area (Å²) in [4.78, 5) is 11.9. The van der Waals surface area contributed by atoms with Crippen molar-refractivity contribution in [2.45, 2.75) is 51.1 Å². The van der Waals surface area contributed by atoms with Gasteiger partial charge >= 0.3 is 0 Å². The third-order valence-corrected chi connectivity index (χ3v) is 3.82. The molecule has 0 aromatic heterocycles. The Labute approximate surface area is 109 Å². The Morgan fingerprint density at radius 2 is 2.00 bits per heavy atom. The minimum absolute atomic E-state index is 0.0433. The molecule has 1 amide bonds. The number of benzene rings is 1. The van der Waals surface area contributed by atoms with E-state index in [1.165, 1.54) is 5.56 Å². The van der Waals surface area contributed by atoms with Gasteiger partial charge in [-0.3, -0.25) is 4.79 Å². The number of carbonyl (C=O) groups excluding carboxylic acids is 1. The minimum Gasteiger partial charge on any atom is -0.350 e. The van der Waals surface area contributed by atoms with E-state index < -0.39 is 0 Å². The monoisotopic (exact) mass is 246 g/mol. The minimum atomic E-state index is -0.239. The van der Waals surface area contributed by atoms with E-state index in [4.69, 9.17) is 5.73 Å². The molecule has 1 saturated carbocycles. The van der Waals surface area contributed by atoms with Gasteiger partial charge in [0, 0.05) is 12.0 Å². The molecule has 3 heteroatoms. The van der Waals surface area contributed by atoms with Crippen LogP contribution in [0.3, 0.4) is 0 Å². The molecule has 0 unspecified atom stereocenters. The van der Waals surface area contributed by atoms with Gasteiger partial charge in [0.2, 0.25) is 5.91 Å². The summed E-state index contributed by atoms with van der Waals surface area (Å²) in [6.07, 6.45) is 3.54. The van der Waals surface area contributed by atoms with Gasteiger partial charge in [0.25, 0.3) is 0 Å². The first-order chi connectivity index (χ1) is 8.48. The summed E-state index contributed by atoms with van der Waals surface area (Å²) in [6.45, 7) is 4.06. The summed E-state index contributed by atoms with van der Waals surface area (Å²) in [7, 11) is 0. The first-order valence-electron chi connectivity index (χ1n) is 6.63. The Morgan fingerprint density at radius 3 is 2.50 bits per heavy atom. The van der Waals surface area contributed by atoms with Gasteiger partial charge in [-0.15, -0.1) is 0 Å². The van der Waals surface area contributed by atoms with Gasteiger partial charge < -0.3 is 11.1 Å².